The molecule has 0 bridgehead atoms. The summed E-state index contributed by atoms with van der Waals surface area (Å²) in [5, 5.41) is 0. The minimum atomic E-state index is 0.279. The summed E-state index contributed by atoms with van der Waals surface area (Å²) >= 11 is 0. The number of nitrogens with zero attached hydrogens (tertiary/aromatic N) is 1. The Morgan fingerprint density at radius 1 is 1.05 bits per heavy atom. The number of hydrogen-bond donors (Lipinski definition) is 0. The van der Waals surface area contributed by atoms with Crippen molar-refractivity contribution in [1.29, 1.82) is 0 Å². The Balaban J connectivity index is 1.69. The fraction of sp³-hybridized carbons (Fsp3) is 0.412. The lowest BCUT2D eigenvalue weighted by Gasteiger charge is -2.34. The van der Waals surface area contributed by atoms with Gasteiger partial charge in [0.05, 0.1) is 12.8 Å². The Bertz CT molecular complexity index is 585. The topological polar surface area (TPSA) is 25.6 Å². The normalized spacial score (nSPS) is 20.3. The second kappa shape index (κ2) is 4.67. The lowest BCUT2D eigenvalue weighted by atomic mass is 9.76. The van der Waals surface area contributed by atoms with Crippen LogP contribution >= 0.6 is 0 Å². The summed E-state index contributed by atoms with van der Waals surface area (Å²) in [4.78, 5) is 2.46. The first-order valence-corrected chi connectivity index (χ1v) is 7.32. The van der Waals surface area contributed by atoms with E-state index >= 15 is 0 Å². The van der Waals surface area contributed by atoms with Gasteiger partial charge in [0.15, 0.2) is 0 Å². The van der Waals surface area contributed by atoms with Crippen LogP contribution in [0.1, 0.15) is 24.2 Å². The fourth-order valence-corrected chi connectivity index (χ4v) is 3.65. The van der Waals surface area contributed by atoms with Crippen LogP contribution in [-0.2, 0) is 16.7 Å². The van der Waals surface area contributed by atoms with Crippen molar-refractivity contribution in [2.45, 2.75) is 24.8 Å². The molecule has 1 spiro atoms. The predicted octanol–water partition coefficient (Wildman–Crippen LogP) is 3.35. The van der Waals surface area contributed by atoms with E-state index in [-0.39, 0.29) is 5.41 Å². The van der Waals surface area contributed by atoms with E-state index in [1.165, 1.54) is 11.3 Å². The molecule has 3 heterocycles. The standard InChI is InChI=1S/C17H19NO2/c1-2-6-16-15(5-1)17(7-10-19-11-8-17)13-18(16)12-14-4-3-9-20-14/h1-6,9H,7-8,10-13H2. The summed E-state index contributed by atoms with van der Waals surface area (Å²) in [7, 11) is 0. The summed E-state index contributed by atoms with van der Waals surface area (Å²) < 4.78 is 11.1. The largest absolute Gasteiger partial charge is 0.467 e. The van der Waals surface area contributed by atoms with Crippen LogP contribution in [0.5, 0.6) is 0 Å². The van der Waals surface area contributed by atoms with Crippen molar-refractivity contribution in [3.05, 3.63) is 54.0 Å². The number of benzene rings is 1. The maximum absolute atomic E-state index is 5.58. The second-order valence-corrected chi connectivity index (χ2v) is 5.85. The molecule has 0 aliphatic carbocycles. The zero-order chi connectivity index (χ0) is 13.4. The van der Waals surface area contributed by atoms with Crippen molar-refractivity contribution in [1.82, 2.24) is 0 Å². The van der Waals surface area contributed by atoms with Crippen LogP contribution in [0.3, 0.4) is 0 Å². The monoisotopic (exact) mass is 269 g/mol. The molecule has 20 heavy (non-hydrogen) atoms. The molecule has 2 aliphatic heterocycles. The molecule has 4 rings (SSSR count). The molecular weight excluding hydrogens is 250 g/mol. The second-order valence-electron chi connectivity index (χ2n) is 5.85. The van der Waals surface area contributed by atoms with Crippen LogP contribution in [0.15, 0.2) is 47.1 Å². The molecule has 2 aromatic rings. The van der Waals surface area contributed by atoms with E-state index in [1.54, 1.807) is 6.26 Å². The van der Waals surface area contributed by atoms with Gasteiger partial charge in [0, 0.05) is 30.9 Å². The zero-order valence-electron chi connectivity index (χ0n) is 11.5. The van der Waals surface area contributed by atoms with E-state index in [9.17, 15) is 0 Å². The van der Waals surface area contributed by atoms with E-state index < -0.39 is 0 Å². The van der Waals surface area contributed by atoms with E-state index in [0.717, 1.165) is 44.9 Å². The lowest BCUT2D eigenvalue weighted by molar-refractivity contribution is 0.0552. The van der Waals surface area contributed by atoms with Crippen LogP contribution < -0.4 is 4.90 Å². The number of fused-ring (bicyclic) bond motifs is 2. The number of para-hydroxylation sites is 1. The first-order chi connectivity index (χ1) is 9.87. The maximum Gasteiger partial charge on any atom is 0.123 e. The van der Waals surface area contributed by atoms with Crippen molar-refractivity contribution in [2.24, 2.45) is 0 Å². The number of hydrogen-bond acceptors (Lipinski definition) is 3. The first kappa shape index (κ1) is 12.0. The molecule has 1 fully saturated rings. The SMILES string of the molecule is c1coc(CN2CC3(CCOCC3)c3ccccc32)c1. The van der Waals surface area contributed by atoms with Crippen molar-refractivity contribution in [3.63, 3.8) is 0 Å². The minimum absolute atomic E-state index is 0.279. The van der Waals surface area contributed by atoms with E-state index in [2.05, 4.69) is 35.2 Å². The number of ether oxygens (including phenoxy) is 1. The van der Waals surface area contributed by atoms with Crippen molar-refractivity contribution >= 4 is 5.69 Å². The third-order valence-electron chi connectivity index (χ3n) is 4.69. The summed E-state index contributed by atoms with van der Waals surface area (Å²) in [5.41, 5.74) is 3.14. The van der Waals surface area contributed by atoms with Gasteiger partial charge < -0.3 is 14.1 Å². The third-order valence-corrected chi connectivity index (χ3v) is 4.69. The molecule has 104 valence electrons. The number of furan rings is 1. The fourth-order valence-electron chi connectivity index (χ4n) is 3.65. The molecule has 2 aliphatic rings. The van der Waals surface area contributed by atoms with Crippen LogP contribution in [-0.4, -0.2) is 19.8 Å². The summed E-state index contributed by atoms with van der Waals surface area (Å²) in [6.45, 7) is 3.69. The molecule has 0 unspecified atom stereocenters. The number of anilines is 1. The highest BCUT2D eigenvalue weighted by molar-refractivity contribution is 5.62. The van der Waals surface area contributed by atoms with Gasteiger partial charge in [0.2, 0.25) is 0 Å². The molecule has 0 amide bonds. The van der Waals surface area contributed by atoms with Gasteiger partial charge in [-0.1, -0.05) is 18.2 Å². The molecular formula is C17H19NO2. The van der Waals surface area contributed by atoms with Crippen molar-refractivity contribution in [2.75, 3.05) is 24.7 Å². The van der Waals surface area contributed by atoms with Gasteiger partial charge in [0.1, 0.15) is 5.76 Å². The molecule has 0 saturated carbocycles. The van der Waals surface area contributed by atoms with Crippen LogP contribution in [0, 0.1) is 0 Å². The Hall–Kier alpha value is -1.74. The smallest absolute Gasteiger partial charge is 0.123 e. The molecule has 3 heteroatoms. The van der Waals surface area contributed by atoms with Crippen LogP contribution in [0.2, 0.25) is 0 Å². The van der Waals surface area contributed by atoms with Crippen LogP contribution in [0.4, 0.5) is 5.69 Å². The van der Waals surface area contributed by atoms with E-state index in [1.807, 2.05) is 6.07 Å². The summed E-state index contributed by atoms with van der Waals surface area (Å²) in [5.74, 6) is 1.03. The quantitative estimate of drug-likeness (QED) is 0.836. The Kier molecular flexibility index (Phi) is 2.81. The Morgan fingerprint density at radius 3 is 2.70 bits per heavy atom. The molecule has 0 N–H and O–H groups in total. The molecule has 1 saturated heterocycles. The Labute approximate surface area is 119 Å². The average molecular weight is 269 g/mol. The highest BCUT2D eigenvalue weighted by atomic mass is 16.5. The average Bonchev–Trinajstić information content (AvgIpc) is 3.09. The number of rotatable bonds is 2. The van der Waals surface area contributed by atoms with Crippen molar-refractivity contribution in [3.8, 4) is 0 Å². The summed E-state index contributed by atoms with van der Waals surface area (Å²) in [6.07, 6.45) is 4.00. The minimum Gasteiger partial charge on any atom is -0.467 e. The van der Waals surface area contributed by atoms with Crippen molar-refractivity contribution < 1.29 is 9.15 Å². The zero-order valence-corrected chi connectivity index (χ0v) is 11.5. The van der Waals surface area contributed by atoms with E-state index in [0.29, 0.717) is 0 Å². The molecule has 1 aromatic carbocycles. The third kappa shape index (κ3) is 1.85. The van der Waals surface area contributed by atoms with E-state index in [4.69, 9.17) is 9.15 Å². The van der Waals surface area contributed by atoms with Gasteiger partial charge in [-0.2, -0.15) is 0 Å². The molecule has 0 radical (unpaired) electrons. The first-order valence-electron chi connectivity index (χ1n) is 7.32. The van der Waals surface area contributed by atoms with Gasteiger partial charge >= 0.3 is 0 Å². The van der Waals surface area contributed by atoms with Crippen LogP contribution in [0.25, 0.3) is 0 Å². The highest BCUT2D eigenvalue weighted by Crippen LogP contribution is 2.46. The summed E-state index contributed by atoms with van der Waals surface area (Å²) in [6, 6.07) is 12.8. The van der Waals surface area contributed by atoms with Gasteiger partial charge in [-0.3, -0.25) is 0 Å². The highest BCUT2D eigenvalue weighted by Gasteiger charge is 2.43. The Morgan fingerprint density at radius 2 is 1.90 bits per heavy atom. The van der Waals surface area contributed by atoms with Gasteiger partial charge in [-0.15, -0.1) is 0 Å². The maximum atomic E-state index is 5.58. The molecule has 3 nitrogen and oxygen atoms in total. The molecule has 1 aromatic heterocycles. The van der Waals surface area contributed by atoms with Gasteiger partial charge in [-0.25, -0.2) is 0 Å². The lowest BCUT2D eigenvalue weighted by Crippen LogP contribution is -2.38. The predicted molar refractivity (Wildman–Crippen MR) is 77.9 cm³/mol. The van der Waals surface area contributed by atoms with Gasteiger partial charge in [-0.05, 0) is 36.6 Å². The molecule has 0 atom stereocenters. The van der Waals surface area contributed by atoms with Gasteiger partial charge in [0.25, 0.3) is 0 Å².